The van der Waals surface area contributed by atoms with E-state index in [0.29, 0.717) is 14.5 Å². The van der Waals surface area contributed by atoms with Gasteiger partial charge < -0.3 is 20.4 Å². The number of hydrogen-bond acceptors (Lipinski definition) is 6. The smallest absolute Gasteiger partial charge is 0.337 e. The molecule has 0 aromatic heterocycles. The number of carboxylic acid groups (broad SMARTS) is 1. The number of benzene rings is 3. The zero-order valence-corrected chi connectivity index (χ0v) is 22.1. The van der Waals surface area contributed by atoms with Crippen LogP contribution in [0.2, 0.25) is 0 Å². The van der Waals surface area contributed by atoms with Gasteiger partial charge in [-0.3, -0.25) is 0 Å². The number of carboxylic acids is 1. The van der Waals surface area contributed by atoms with E-state index in [0.717, 1.165) is 5.69 Å². The Labute approximate surface area is 214 Å². The zero-order chi connectivity index (χ0) is 25.0. The minimum Gasteiger partial charge on any atom is -0.478 e. The Bertz CT molecular complexity index is 1340. The van der Waals surface area contributed by atoms with Crippen LogP contribution in [0.5, 0.6) is 0 Å². The van der Waals surface area contributed by atoms with Gasteiger partial charge >= 0.3 is 5.97 Å². The molecule has 11 heteroatoms. The van der Waals surface area contributed by atoms with Gasteiger partial charge in [-0.05, 0) is 54.1 Å². The van der Waals surface area contributed by atoms with Gasteiger partial charge in [-0.1, -0.05) is 44.0 Å². The summed E-state index contributed by atoms with van der Waals surface area (Å²) in [5, 5.41) is 22.9. The predicted octanol–water partition coefficient (Wildman–Crippen LogP) is 4.89. The van der Waals surface area contributed by atoms with Crippen LogP contribution in [0.4, 0.5) is 11.4 Å². The zero-order valence-electron chi connectivity index (χ0n) is 18.1. The molecule has 178 valence electrons. The molecule has 0 amide bonds. The van der Waals surface area contributed by atoms with E-state index in [1.54, 1.807) is 18.2 Å². The van der Waals surface area contributed by atoms with E-state index in [1.807, 2.05) is 31.1 Å². The second-order valence-corrected chi connectivity index (χ2v) is 10.8. The fraction of sp³-hybridized carbons (Fsp3) is 0.130. The first-order valence-corrected chi connectivity index (χ1v) is 12.8. The largest absolute Gasteiger partial charge is 0.478 e. The SMILES string of the molecule is CN(C)c1ccc(/C=N/S(=O)(=O)c2ccc(Br)c(C(O)Nc3ccc(Br)cc3C(=O)O)c2)cc1. The Kier molecular flexibility index (Phi) is 8.13. The summed E-state index contributed by atoms with van der Waals surface area (Å²) in [7, 11) is -0.251. The van der Waals surface area contributed by atoms with Gasteiger partial charge in [-0.2, -0.15) is 12.8 Å². The summed E-state index contributed by atoms with van der Waals surface area (Å²) in [4.78, 5) is 13.3. The first kappa shape index (κ1) is 25.9. The van der Waals surface area contributed by atoms with Crippen molar-refractivity contribution in [3.05, 3.63) is 86.3 Å². The molecule has 1 unspecified atom stereocenters. The molecule has 0 aliphatic heterocycles. The van der Waals surface area contributed by atoms with Gasteiger partial charge in [-0.15, -0.1) is 0 Å². The van der Waals surface area contributed by atoms with Crippen LogP contribution >= 0.6 is 31.9 Å². The van der Waals surface area contributed by atoms with Crippen LogP contribution in [-0.4, -0.2) is 44.9 Å². The second kappa shape index (κ2) is 10.7. The Balaban J connectivity index is 1.87. The van der Waals surface area contributed by atoms with Crippen LogP contribution in [0.3, 0.4) is 0 Å². The van der Waals surface area contributed by atoms with Gasteiger partial charge in [0.05, 0.1) is 16.1 Å². The second-order valence-electron chi connectivity index (χ2n) is 7.42. The average molecular weight is 611 g/mol. The van der Waals surface area contributed by atoms with Crippen molar-refractivity contribution >= 4 is 65.4 Å². The monoisotopic (exact) mass is 609 g/mol. The molecule has 0 bridgehead atoms. The molecule has 3 N–H and O–H groups in total. The third-order valence-electron chi connectivity index (χ3n) is 4.81. The Morgan fingerprint density at radius 3 is 2.35 bits per heavy atom. The number of aromatic carboxylic acids is 1. The average Bonchev–Trinajstić information content (AvgIpc) is 2.79. The summed E-state index contributed by atoms with van der Waals surface area (Å²) in [6, 6.07) is 15.9. The van der Waals surface area contributed by atoms with Gasteiger partial charge in [0, 0.05) is 40.5 Å². The molecular formula is C23H21Br2N3O5S. The highest BCUT2D eigenvalue weighted by molar-refractivity contribution is 9.10. The highest BCUT2D eigenvalue weighted by atomic mass is 79.9. The van der Waals surface area contributed by atoms with E-state index < -0.39 is 22.2 Å². The number of aliphatic hydroxyl groups is 1. The standard InChI is InChI=1S/C23H21Br2N3O5S/c1-28(2)16-6-3-14(4-7-16)13-26-34(32,33)17-8-9-20(25)18(12-17)22(29)27-21-10-5-15(24)11-19(21)23(30)31/h3-13,22,27,29H,1-2H3,(H,30,31)/b26-13+. The molecule has 0 aliphatic carbocycles. The van der Waals surface area contributed by atoms with Gasteiger partial charge in [0.2, 0.25) is 0 Å². The molecule has 0 aliphatic rings. The lowest BCUT2D eigenvalue weighted by molar-refractivity contribution is 0.0697. The molecule has 0 spiro atoms. The van der Waals surface area contributed by atoms with Crippen molar-refractivity contribution in [1.29, 1.82) is 0 Å². The Hall–Kier alpha value is -2.73. The number of rotatable bonds is 8. The predicted molar refractivity (Wildman–Crippen MR) is 139 cm³/mol. The molecule has 3 aromatic rings. The highest BCUT2D eigenvalue weighted by Gasteiger charge is 2.20. The maximum atomic E-state index is 12.8. The first-order valence-electron chi connectivity index (χ1n) is 9.82. The molecular weight excluding hydrogens is 590 g/mol. The lowest BCUT2D eigenvalue weighted by Crippen LogP contribution is -2.14. The van der Waals surface area contributed by atoms with E-state index >= 15 is 0 Å². The fourth-order valence-corrected chi connectivity index (χ4v) is 4.71. The third kappa shape index (κ3) is 6.23. The molecule has 0 saturated heterocycles. The van der Waals surface area contributed by atoms with Gasteiger partial charge in [0.15, 0.2) is 6.23 Å². The molecule has 0 heterocycles. The fourth-order valence-electron chi connectivity index (χ4n) is 2.99. The van der Waals surface area contributed by atoms with Crippen molar-refractivity contribution in [1.82, 2.24) is 0 Å². The quantitative estimate of drug-likeness (QED) is 0.245. The Morgan fingerprint density at radius 2 is 1.74 bits per heavy atom. The lowest BCUT2D eigenvalue weighted by atomic mass is 10.1. The van der Waals surface area contributed by atoms with Crippen LogP contribution in [-0.2, 0) is 10.0 Å². The topological polar surface area (TPSA) is 119 Å². The summed E-state index contributed by atoms with van der Waals surface area (Å²) in [5.74, 6) is -1.18. The first-order chi connectivity index (χ1) is 16.0. The summed E-state index contributed by atoms with van der Waals surface area (Å²) < 4.78 is 30.4. The molecule has 8 nitrogen and oxygen atoms in total. The van der Waals surface area contributed by atoms with E-state index in [4.69, 9.17) is 0 Å². The van der Waals surface area contributed by atoms with Crippen molar-refractivity contribution in [3.8, 4) is 0 Å². The van der Waals surface area contributed by atoms with Gasteiger partial charge in [-0.25, -0.2) is 4.79 Å². The molecule has 1 atom stereocenters. The number of carbonyl (C=O) groups is 1. The van der Waals surface area contributed by atoms with Crippen LogP contribution in [0.25, 0.3) is 0 Å². The van der Waals surface area contributed by atoms with E-state index in [2.05, 4.69) is 41.6 Å². The van der Waals surface area contributed by atoms with Crippen LogP contribution in [0, 0.1) is 0 Å². The van der Waals surface area contributed by atoms with Crippen LogP contribution in [0.15, 0.2) is 78.9 Å². The van der Waals surface area contributed by atoms with Crippen molar-refractivity contribution in [2.45, 2.75) is 11.1 Å². The lowest BCUT2D eigenvalue weighted by Gasteiger charge is -2.18. The summed E-state index contributed by atoms with van der Waals surface area (Å²) in [6.07, 6.45) is -0.141. The number of sulfonamides is 1. The molecule has 0 fully saturated rings. The maximum Gasteiger partial charge on any atom is 0.337 e. The van der Waals surface area contributed by atoms with E-state index in [-0.39, 0.29) is 21.7 Å². The highest BCUT2D eigenvalue weighted by Crippen LogP contribution is 2.30. The molecule has 0 saturated carbocycles. The number of nitrogens with zero attached hydrogens (tertiary/aromatic N) is 2. The van der Waals surface area contributed by atoms with Crippen LogP contribution < -0.4 is 10.2 Å². The van der Waals surface area contributed by atoms with Crippen molar-refractivity contribution in [2.75, 3.05) is 24.3 Å². The Morgan fingerprint density at radius 1 is 1.06 bits per heavy atom. The van der Waals surface area contributed by atoms with Gasteiger partial charge in [0.1, 0.15) is 0 Å². The summed E-state index contributed by atoms with van der Waals surface area (Å²) in [6.45, 7) is 0. The van der Waals surface area contributed by atoms with E-state index in [9.17, 15) is 23.4 Å². The number of anilines is 2. The number of aliphatic hydroxyl groups excluding tert-OH is 1. The van der Waals surface area contributed by atoms with E-state index in [1.165, 1.54) is 36.5 Å². The minimum absolute atomic E-state index is 0.0572. The normalized spacial score (nSPS) is 12.5. The number of hydrogen-bond donors (Lipinski definition) is 3. The van der Waals surface area contributed by atoms with Crippen molar-refractivity contribution < 1.29 is 23.4 Å². The molecule has 34 heavy (non-hydrogen) atoms. The minimum atomic E-state index is -4.06. The number of halogens is 2. The molecule has 3 rings (SSSR count). The van der Waals surface area contributed by atoms with Crippen LogP contribution in [0.1, 0.15) is 27.7 Å². The van der Waals surface area contributed by atoms with Crippen molar-refractivity contribution in [3.63, 3.8) is 0 Å². The molecule has 3 aromatic carbocycles. The maximum absolute atomic E-state index is 12.8. The van der Waals surface area contributed by atoms with Crippen molar-refractivity contribution in [2.24, 2.45) is 4.40 Å². The summed E-state index contributed by atoms with van der Waals surface area (Å²) in [5.41, 5.74) is 1.90. The molecule has 0 radical (unpaired) electrons. The summed E-state index contributed by atoms with van der Waals surface area (Å²) >= 11 is 6.52. The van der Waals surface area contributed by atoms with Gasteiger partial charge in [0.25, 0.3) is 10.0 Å². The third-order valence-corrected chi connectivity index (χ3v) is 7.26. The number of nitrogens with one attached hydrogen (secondary N) is 1.